The Balaban J connectivity index is 2.25. The summed E-state index contributed by atoms with van der Waals surface area (Å²) in [5, 5.41) is 8.68. The zero-order chi connectivity index (χ0) is 23.0. The van der Waals surface area contributed by atoms with E-state index in [9.17, 15) is 9.18 Å². The van der Waals surface area contributed by atoms with E-state index in [1.54, 1.807) is 0 Å². The van der Waals surface area contributed by atoms with Crippen molar-refractivity contribution in [3.05, 3.63) is 35.7 Å². The molecule has 1 rings (SSSR count). The first-order valence-electron chi connectivity index (χ1n) is 11.2. The standard InChI is InChI=1S/C23H37FO6Si/c1-4-28-31(29-5-2,30-6-3)18-12-10-8-7-9-11-17-27-22-19-20(13-15-21(22)24)14-16-23(25)26/h13-16,19H,4-12,17-18H2,1-3H3,(H,25,26). The van der Waals surface area contributed by atoms with Gasteiger partial charge in [-0.2, -0.15) is 0 Å². The lowest BCUT2D eigenvalue weighted by Gasteiger charge is -2.28. The van der Waals surface area contributed by atoms with Crippen molar-refractivity contribution in [2.75, 3.05) is 26.4 Å². The number of aliphatic carboxylic acids is 1. The van der Waals surface area contributed by atoms with Gasteiger partial charge in [0.1, 0.15) is 0 Å². The average Bonchev–Trinajstić information content (AvgIpc) is 2.73. The van der Waals surface area contributed by atoms with Crippen LogP contribution >= 0.6 is 0 Å². The maximum Gasteiger partial charge on any atom is 0.500 e. The summed E-state index contributed by atoms with van der Waals surface area (Å²) in [7, 11) is -2.53. The molecule has 0 amide bonds. The zero-order valence-electron chi connectivity index (χ0n) is 19.0. The van der Waals surface area contributed by atoms with Crippen LogP contribution in [0, 0.1) is 5.82 Å². The molecule has 0 aliphatic rings. The van der Waals surface area contributed by atoms with E-state index in [0.29, 0.717) is 32.0 Å². The van der Waals surface area contributed by atoms with Crippen molar-refractivity contribution in [1.29, 1.82) is 0 Å². The van der Waals surface area contributed by atoms with Crippen LogP contribution in [0.1, 0.15) is 64.9 Å². The Hall–Kier alpha value is -1.74. The van der Waals surface area contributed by atoms with Gasteiger partial charge in [-0.15, -0.1) is 0 Å². The van der Waals surface area contributed by atoms with Crippen molar-refractivity contribution in [3.63, 3.8) is 0 Å². The first-order chi connectivity index (χ1) is 15.0. The monoisotopic (exact) mass is 456 g/mol. The van der Waals surface area contributed by atoms with Gasteiger partial charge < -0.3 is 23.1 Å². The molecule has 0 saturated carbocycles. The molecular formula is C23H37FO6Si. The van der Waals surface area contributed by atoms with E-state index in [1.807, 2.05) is 20.8 Å². The number of carboxylic acids is 1. The first kappa shape index (κ1) is 27.3. The molecule has 8 heteroatoms. The van der Waals surface area contributed by atoms with Crippen LogP contribution in [-0.4, -0.2) is 46.3 Å². The van der Waals surface area contributed by atoms with Gasteiger partial charge >= 0.3 is 14.8 Å². The molecule has 0 saturated heterocycles. The molecule has 0 atom stereocenters. The fraction of sp³-hybridized carbons (Fsp3) is 0.609. The highest BCUT2D eigenvalue weighted by Crippen LogP contribution is 2.22. The topological polar surface area (TPSA) is 74.2 Å². The molecule has 6 nitrogen and oxygen atoms in total. The lowest BCUT2D eigenvalue weighted by molar-refractivity contribution is -0.131. The van der Waals surface area contributed by atoms with Crippen molar-refractivity contribution >= 4 is 20.8 Å². The van der Waals surface area contributed by atoms with E-state index in [0.717, 1.165) is 50.6 Å². The molecular weight excluding hydrogens is 419 g/mol. The van der Waals surface area contributed by atoms with Crippen LogP contribution in [0.2, 0.25) is 6.04 Å². The fourth-order valence-corrected chi connectivity index (χ4v) is 5.92. The molecule has 1 N–H and O–H groups in total. The van der Waals surface area contributed by atoms with Gasteiger partial charge in [0, 0.05) is 31.9 Å². The number of ether oxygens (including phenoxy) is 1. The van der Waals surface area contributed by atoms with Gasteiger partial charge in [0.25, 0.3) is 0 Å². The number of rotatable bonds is 18. The number of carbonyl (C=O) groups is 1. The second-order valence-electron chi connectivity index (χ2n) is 7.06. The quantitative estimate of drug-likeness (QED) is 0.174. The van der Waals surface area contributed by atoms with E-state index in [-0.39, 0.29) is 5.75 Å². The number of carboxylic acid groups (broad SMARTS) is 1. The number of hydrogen-bond donors (Lipinski definition) is 1. The van der Waals surface area contributed by atoms with Gasteiger partial charge in [-0.05, 0) is 57.4 Å². The van der Waals surface area contributed by atoms with Crippen LogP contribution in [0.15, 0.2) is 24.3 Å². The highest BCUT2D eigenvalue weighted by molar-refractivity contribution is 6.60. The number of benzene rings is 1. The predicted octanol–water partition coefficient (Wildman–Crippen LogP) is 5.69. The molecule has 0 unspecified atom stereocenters. The second-order valence-corrected chi connectivity index (χ2v) is 9.80. The number of unbranched alkanes of at least 4 members (excludes halogenated alkanes) is 5. The number of halogens is 1. The normalized spacial score (nSPS) is 11.9. The average molecular weight is 457 g/mol. The second kappa shape index (κ2) is 16.0. The third kappa shape index (κ3) is 11.4. The molecule has 1 aromatic rings. The van der Waals surface area contributed by atoms with Crippen LogP contribution in [0.3, 0.4) is 0 Å². The summed E-state index contributed by atoms with van der Waals surface area (Å²) in [6.45, 7) is 8.14. The lowest BCUT2D eigenvalue weighted by Crippen LogP contribution is -2.45. The molecule has 1 aromatic carbocycles. The summed E-state index contributed by atoms with van der Waals surface area (Å²) in [5.74, 6) is -1.34. The SMILES string of the molecule is CCO[Si](CCCCCCCCOc1cc(C=CC(=O)O)ccc1F)(OCC)OCC. The van der Waals surface area contributed by atoms with Gasteiger partial charge in [0.05, 0.1) is 6.61 Å². The summed E-state index contributed by atoms with van der Waals surface area (Å²) in [4.78, 5) is 10.6. The van der Waals surface area contributed by atoms with Crippen molar-refractivity contribution in [3.8, 4) is 5.75 Å². The van der Waals surface area contributed by atoms with E-state index in [1.165, 1.54) is 24.3 Å². The molecule has 31 heavy (non-hydrogen) atoms. The minimum absolute atomic E-state index is 0.150. The minimum atomic E-state index is -2.53. The minimum Gasteiger partial charge on any atom is -0.490 e. The van der Waals surface area contributed by atoms with Crippen molar-refractivity contribution in [1.82, 2.24) is 0 Å². The van der Waals surface area contributed by atoms with E-state index in [2.05, 4.69) is 0 Å². The maximum absolute atomic E-state index is 13.9. The van der Waals surface area contributed by atoms with Crippen LogP contribution in [0.25, 0.3) is 6.08 Å². The molecule has 0 spiro atoms. The van der Waals surface area contributed by atoms with Gasteiger partial charge in [-0.3, -0.25) is 0 Å². The zero-order valence-corrected chi connectivity index (χ0v) is 20.0. The molecule has 176 valence electrons. The molecule has 0 aromatic heterocycles. The predicted molar refractivity (Wildman–Crippen MR) is 122 cm³/mol. The summed E-state index contributed by atoms with van der Waals surface area (Å²) in [5.41, 5.74) is 0.588. The van der Waals surface area contributed by atoms with Crippen LogP contribution in [0.4, 0.5) is 4.39 Å². The largest absolute Gasteiger partial charge is 0.500 e. The van der Waals surface area contributed by atoms with E-state index >= 15 is 0 Å². The van der Waals surface area contributed by atoms with Crippen molar-refractivity contribution < 1.29 is 32.3 Å². The summed E-state index contributed by atoms with van der Waals surface area (Å²) >= 11 is 0. The summed E-state index contributed by atoms with van der Waals surface area (Å²) < 4.78 is 37.0. The van der Waals surface area contributed by atoms with E-state index < -0.39 is 20.6 Å². The highest BCUT2D eigenvalue weighted by atomic mass is 28.4. The Labute approximate surface area is 186 Å². The molecule has 0 bridgehead atoms. The van der Waals surface area contributed by atoms with Crippen LogP contribution in [-0.2, 0) is 18.1 Å². The Kier molecular flexibility index (Phi) is 14.1. The number of hydrogen-bond acceptors (Lipinski definition) is 5. The molecule has 0 heterocycles. The Morgan fingerprint density at radius 1 is 0.968 bits per heavy atom. The maximum atomic E-state index is 13.9. The van der Waals surface area contributed by atoms with Crippen LogP contribution in [0.5, 0.6) is 5.75 Å². The molecule has 0 aliphatic heterocycles. The Bertz CT molecular complexity index is 650. The fourth-order valence-electron chi connectivity index (χ4n) is 3.24. The van der Waals surface area contributed by atoms with E-state index in [4.69, 9.17) is 23.1 Å². The van der Waals surface area contributed by atoms with Crippen molar-refractivity contribution in [2.45, 2.75) is 65.3 Å². The Morgan fingerprint density at radius 2 is 1.55 bits per heavy atom. The summed E-state index contributed by atoms with van der Waals surface area (Å²) in [6, 6.07) is 5.16. The molecule has 0 aliphatic carbocycles. The van der Waals surface area contributed by atoms with Gasteiger partial charge in [0.2, 0.25) is 0 Å². The highest BCUT2D eigenvalue weighted by Gasteiger charge is 2.39. The Morgan fingerprint density at radius 3 is 2.13 bits per heavy atom. The van der Waals surface area contributed by atoms with Gasteiger partial charge in [0.15, 0.2) is 11.6 Å². The van der Waals surface area contributed by atoms with Gasteiger partial charge in [-0.25, -0.2) is 9.18 Å². The smallest absolute Gasteiger partial charge is 0.490 e. The van der Waals surface area contributed by atoms with Gasteiger partial charge in [-0.1, -0.05) is 31.7 Å². The van der Waals surface area contributed by atoms with Crippen molar-refractivity contribution in [2.24, 2.45) is 0 Å². The molecule has 0 fully saturated rings. The third-order valence-corrected chi connectivity index (χ3v) is 7.75. The molecule has 0 radical (unpaired) electrons. The first-order valence-corrected chi connectivity index (χ1v) is 13.1. The summed E-state index contributed by atoms with van der Waals surface area (Å²) in [6.07, 6.45) is 8.57. The lowest BCUT2D eigenvalue weighted by atomic mass is 10.1. The van der Waals surface area contributed by atoms with Crippen LogP contribution < -0.4 is 4.74 Å². The third-order valence-electron chi connectivity index (χ3n) is 4.60.